The Balaban J connectivity index is 2.27. The van der Waals surface area contributed by atoms with E-state index in [4.69, 9.17) is 15.7 Å². The normalized spacial score (nSPS) is 14.1. The van der Waals surface area contributed by atoms with Crippen molar-refractivity contribution in [2.24, 2.45) is 0 Å². The van der Waals surface area contributed by atoms with Gasteiger partial charge in [-0.2, -0.15) is 5.26 Å². The number of nitrogens with two attached hydrogens (primary N) is 1. The molecular formula is C14H21N5O. The largest absolute Gasteiger partial charge is 0.383 e. The minimum absolute atomic E-state index is 0.450. The van der Waals surface area contributed by atoms with Gasteiger partial charge in [0.15, 0.2) is 0 Å². The summed E-state index contributed by atoms with van der Waals surface area (Å²) >= 11 is 0. The van der Waals surface area contributed by atoms with Crippen molar-refractivity contribution >= 4 is 11.6 Å². The van der Waals surface area contributed by atoms with Crippen LogP contribution in [0.2, 0.25) is 0 Å². The van der Waals surface area contributed by atoms with Gasteiger partial charge in [0, 0.05) is 31.7 Å². The molecule has 1 aromatic rings. The van der Waals surface area contributed by atoms with Crippen LogP contribution in [0.25, 0.3) is 0 Å². The fourth-order valence-electron chi connectivity index (χ4n) is 2.08. The van der Waals surface area contributed by atoms with Crippen LogP contribution in [-0.2, 0) is 4.74 Å². The number of ether oxygens (including phenoxy) is 1. The van der Waals surface area contributed by atoms with Crippen molar-refractivity contribution in [3.63, 3.8) is 0 Å². The van der Waals surface area contributed by atoms with Gasteiger partial charge < -0.3 is 15.4 Å². The average molecular weight is 275 g/mol. The van der Waals surface area contributed by atoms with Gasteiger partial charge in [-0.1, -0.05) is 0 Å². The van der Waals surface area contributed by atoms with Crippen molar-refractivity contribution in [2.75, 3.05) is 37.4 Å². The Morgan fingerprint density at radius 3 is 2.75 bits per heavy atom. The van der Waals surface area contributed by atoms with E-state index >= 15 is 0 Å². The van der Waals surface area contributed by atoms with Crippen molar-refractivity contribution in [1.82, 2.24) is 9.97 Å². The minimum atomic E-state index is 0.450. The first-order valence-electron chi connectivity index (χ1n) is 6.92. The summed E-state index contributed by atoms with van der Waals surface area (Å²) in [7, 11) is 1.67. The maximum atomic E-state index is 8.80. The van der Waals surface area contributed by atoms with Crippen LogP contribution in [-0.4, -0.2) is 36.8 Å². The number of hydrogen-bond acceptors (Lipinski definition) is 6. The summed E-state index contributed by atoms with van der Waals surface area (Å²) in [6.07, 6.45) is 2.72. The van der Waals surface area contributed by atoms with Gasteiger partial charge in [0.1, 0.15) is 17.5 Å². The summed E-state index contributed by atoms with van der Waals surface area (Å²) in [6, 6.07) is 2.17. The Morgan fingerprint density at radius 2 is 2.15 bits per heavy atom. The number of aromatic nitrogens is 2. The number of hydrogen-bond donors (Lipinski definition) is 1. The molecule has 0 spiro atoms. The van der Waals surface area contributed by atoms with Crippen molar-refractivity contribution in [2.45, 2.75) is 32.1 Å². The molecule has 1 fully saturated rings. The quantitative estimate of drug-likeness (QED) is 0.813. The first kappa shape index (κ1) is 14.5. The molecule has 1 saturated carbocycles. The summed E-state index contributed by atoms with van der Waals surface area (Å²) in [5, 5.41) is 8.80. The van der Waals surface area contributed by atoms with Gasteiger partial charge in [-0.15, -0.1) is 0 Å². The van der Waals surface area contributed by atoms with E-state index in [1.165, 1.54) is 0 Å². The van der Waals surface area contributed by atoms with E-state index in [0.29, 0.717) is 37.9 Å². The first-order chi connectivity index (χ1) is 9.67. The highest BCUT2D eigenvalue weighted by Crippen LogP contribution is 2.39. The SMILES string of the molecule is COCCN(CCC#N)c1nc(C2CC2)nc(N)c1C. The monoisotopic (exact) mass is 275 g/mol. The molecule has 0 radical (unpaired) electrons. The molecule has 0 aliphatic heterocycles. The van der Waals surface area contributed by atoms with Crippen molar-refractivity contribution in [1.29, 1.82) is 5.26 Å². The molecule has 0 unspecified atom stereocenters. The number of methoxy groups -OCH3 is 1. The highest BCUT2D eigenvalue weighted by molar-refractivity contribution is 5.57. The highest BCUT2D eigenvalue weighted by Gasteiger charge is 2.28. The van der Waals surface area contributed by atoms with E-state index in [9.17, 15) is 0 Å². The molecule has 1 heterocycles. The summed E-state index contributed by atoms with van der Waals surface area (Å²) in [5.41, 5.74) is 6.89. The smallest absolute Gasteiger partial charge is 0.137 e. The Morgan fingerprint density at radius 1 is 1.40 bits per heavy atom. The molecule has 6 heteroatoms. The van der Waals surface area contributed by atoms with Crippen LogP contribution >= 0.6 is 0 Å². The number of rotatable bonds is 7. The van der Waals surface area contributed by atoms with Crippen molar-refractivity contribution in [3.8, 4) is 6.07 Å². The van der Waals surface area contributed by atoms with Gasteiger partial charge >= 0.3 is 0 Å². The lowest BCUT2D eigenvalue weighted by Crippen LogP contribution is -2.30. The van der Waals surface area contributed by atoms with Crippen LogP contribution in [0.15, 0.2) is 0 Å². The number of nitrogens with zero attached hydrogens (tertiary/aromatic N) is 4. The molecule has 2 rings (SSSR count). The van der Waals surface area contributed by atoms with E-state index in [1.54, 1.807) is 7.11 Å². The molecule has 1 aliphatic carbocycles. The Kier molecular flexibility index (Phi) is 4.74. The Labute approximate surface area is 119 Å². The lowest BCUT2D eigenvalue weighted by molar-refractivity contribution is 0.205. The predicted octanol–water partition coefficient (Wildman–Crippen LogP) is 1.61. The van der Waals surface area contributed by atoms with E-state index in [0.717, 1.165) is 30.0 Å². The number of nitriles is 1. The third-order valence-electron chi connectivity index (χ3n) is 3.48. The fraction of sp³-hybridized carbons (Fsp3) is 0.643. The van der Waals surface area contributed by atoms with Crippen LogP contribution in [0, 0.1) is 18.3 Å². The second-order valence-electron chi connectivity index (χ2n) is 5.08. The lowest BCUT2D eigenvalue weighted by atomic mass is 10.2. The molecule has 1 aliphatic rings. The van der Waals surface area contributed by atoms with E-state index in [2.05, 4.69) is 20.9 Å². The summed E-state index contributed by atoms with van der Waals surface area (Å²) < 4.78 is 5.13. The van der Waals surface area contributed by atoms with Gasteiger partial charge in [-0.3, -0.25) is 0 Å². The zero-order valence-electron chi connectivity index (χ0n) is 12.1. The van der Waals surface area contributed by atoms with Crippen LogP contribution < -0.4 is 10.6 Å². The second kappa shape index (κ2) is 6.53. The maximum Gasteiger partial charge on any atom is 0.137 e. The highest BCUT2D eigenvalue weighted by atomic mass is 16.5. The van der Waals surface area contributed by atoms with E-state index < -0.39 is 0 Å². The summed E-state index contributed by atoms with van der Waals surface area (Å²) in [4.78, 5) is 11.1. The van der Waals surface area contributed by atoms with Gasteiger partial charge in [0.05, 0.1) is 19.1 Å². The minimum Gasteiger partial charge on any atom is -0.383 e. The molecule has 0 saturated heterocycles. The summed E-state index contributed by atoms with van der Waals surface area (Å²) in [5.74, 6) is 2.67. The fourth-order valence-corrected chi connectivity index (χ4v) is 2.08. The topological polar surface area (TPSA) is 88.1 Å². The Bertz CT molecular complexity index is 507. The zero-order valence-corrected chi connectivity index (χ0v) is 12.1. The van der Waals surface area contributed by atoms with Gasteiger partial charge in [-0.05, 0) is 19.8 Å². The maximum absolute atomic E-state index is 8.80. The molecule has 6 nitrogen and oxygen atoms in total. The van der Waals surface area contributed by atoms with Crippen molar-refractivity contribution in [3.05, 3.63) is 11.4 Å². The van der Waals surface area contributed by atoms with Crippen LogP contribution in [0.3, 0.4) is 0 Å². The summed E-state index contributed by atoms with van der Waals surface area (Å²) in [6.45, 7) is 3.84. The third-order valence-corrected chi connectivity index (χ3v) is 3.48. The van der Waals surface area contributed by atoms with Crippen molar-refractivity contribution < 1.29 is 4.74 Å². The van der Waals surface area contributed by atoms with Crippen LogP contribution in [0.5, 0.6) is 0 Å². The van der Waals surface area contributed by atoms with E-state index in [-0.39, 0.29) is 0 Å². The third kappa shape index (κ3) is 3.36. The van der Waals surface area contributed by atoms with Gasteiger partial charge in [0.2, 0.25) is 0 Å². The molecule has 0 aromatic carbocycles. The lowest BCUT2D eigenvalue weighted by Gasteiger charge is -2.25. The average Bonchev–Trinajstić information content (AvgIpc) is 3.27. The number of nitrogen functional groups attached to an aromatic ring is 1. The molecule has 0 bridgehead atoms. The van der Waals surface area contributed by atoms with Gasteiger partial charge in [0.25, 0.3) is 0 Å². The molecule has 20 heavy (non-hydrogen) atoms. The molecule has 2 N–H and O–H groups in total. The predicted molar refractivity (Wildman–Crippen MR) is 77.5 cm³/mol. The Hall–Kier alpha value is -1.87. The molecule has 0 amide bonds. The van der Waals surface area contributed by atoms with Gasteiger partial charge in [-0.25, -0.2) is 9.97 Å². The first-order valence-corrected chi connectivity index (χ1v) is 6.92. The molecule has 1 aromatic heterocycles. The van der Waals surface area contributed by atoms with Crippen LogP contribution in [0.1, 0.15) is 36.6 Å². The molecule has 108 valence electrons. The molecular weight excluding hydrogens is 254 g/mol. The van der Waals surface area contributed by atoms with E-state index in [1.807, 2.05) is 6.92 Å². The zero-order chi connectivity index (χ0) is 14.5. The number of anilines is 2. The standard InChI is InChI=1S/C14H21N5O/c1-10-12(16)17-13(11-4-5-11)18-14(10)19(7-3-6-15)8-9-20-2/h11H,3-5,7-9H2,1-2H3,(H2,16,17,18). The molecule has 0 atom stereocenters. The van der Waals surface area contributed by atoms with Crippen LogP contribution in [0.4, 0.5) is 11.6 Å². The second-order valence-corrected chi connectivity index (χ2v) is 5.08.